The summed E-state index contributed by atoms with van der Waals surface area (Å²) >= 11 is 8.53. The molecule has 0 amide bonds. The van der Waals surface area contributed by atoms with Gasteiger partial charge >= 0.3 is 0 Å². The first kappa shape index (κ1) is 12.9. The number of anilines is 2. The molecule has 3 nitrogen and oxygen atoms in total. The number of pyridine rings is 1. The Kier molecular flexibility index (Phi) is 4.42. The second kappa shape index (κ2) is 5.84. The van der Waals surface area contributed by atoms with E-state index in [0.717, 1.165) is 27.0 Å². The zero-order chi connectivity index (χ0) is 12.3. The van der Waals surface area contributed by atoms with Gasteiger partial charge in [-0.2, -0.15) is 0 Å². The topological polar surface area (TPSA) is 50.9 Å². The van der Waals surface area contributed by atoms with E-state index >= 15 is 0 Å². The number of nitrogens with one attached hydrogen (secondary N) is 1. The second-order valence-corrected chi connectivity index (χ2v) is 6.94. The van der Waals surface area contributed by atoms with E-state index in [1.165, 1.54) is 4.88 Å². The number of hydrogen-bond donors (Lipinski definition) is 2. The number of hydrogen-bond acceptors (Lipinski definition) is 4. The predicted octanol–water partition coefficient (Wildman–Crippen LogP) is 3.90. The van der Waals surface area contributed by atoms with Crippen LogP contribution in [-0.2, 0) is 6.42 Å². The van der Waals surface area contributed by atoms with Gasteiger partial charge in [-0.25, -0.2) is 4.98 Å². The highest BCUT2D eigenvalue weighted by Gasteiger charge is 2.02. The summed E-state index contributed by atoms with van der Waals surface area (Å²) < 4.78 is 2.05. The fourth-order valence-electron chi connectivity index (χ4n) is 1.39. The van der Waals surface area contributed by atoms with E-state index in [1.807, 2.05) is 6.07 Å². The Balaban J connectivity index is 1.90. The Morgan fingerprint density at radius 1 is 1.35 bits per heavy atom. The number of nitrogens with two attached hydrogens (primary N) is 1. The number of aromatic nitrogens is 1. The monoisotopic (exact) mass is 375 g/mol. The number of nitrogens with zero attached hydrogens (tertiary/aromatic N) is 1. The van der Waals surface area contributed by atoms with Crippen molar-refractivity contribution in [2.75, 3.05) is 17.6 Å². The summed E-state index contributed by atoms with van der Waals surface area (Å²) in [7, 11) is 0. The Labute approximate surface area is 121 Å². The molecule has 0 radical (unpaired) electrons. The molecule has 0 saturated heterocycles. The molecule has 2 heterocycles. The van der Waals surface area contributed by atoms with E-state index in [4.69, 9.17) is 5.73 Å². The molecule has 0 atom stereocenters. The summed E-state index contributed by atoms with van der Waals surface area (Å²) in [5.74, 6) is 0.740. The molecule has 0 unspecified atom stereocenters. The van der Waals surface area contributed by atoms with E-state index in [1.54, 1.807) is 17.5 Å². The van der Waals surface area contributed by atoms with Crippen LogP contribution in [0.5, 0.6) is 0 Å². The maximum Gasteiger partial charge on any atom is 0.149 e. The van der Waals surface area contributed by atoms with Gasteiger partial charge in [-0.3, -0.25) is 0 Å². The SMILES string of the molecule is Nc1cc(Br)cnc1NCCc1ccc(Br)s1. The number of rotatable bonds is 4. The van der Waals surface area contributed by atoms with Gasteiger partial charge in [0.05, 0.1) is 9.47 Å². The third kappa shape index (κ3) is 3.69. The second-order valence-electron chi connectivity index (χ2n) is 3.47. The maximum atomic E-state index is 5.85. The van der Waals surface area contributed by atoms with E-state index in [0.29, 0.717) is 5.69 Å². The molecule has 0 aliphatic carbocycles. The Hall–Kier alpha value is -0.590. The minimum Gasteiger partial charge on any atom is -0.396 e. The van der Waals surface area contributed by atoms with Gasteiger partial charge in [-0.05, 0) is 56.5 Å². The van der Waals surface area contributed by atoms with Gasteiger partial charge < -0.3 is 11.1 Å². The number of halogens is 2. The molecule has 0 bridgehead atoms. The van der Waals surface area contributed by atoms with Crippen molar-refractivity contribution >= 4 is 54.7 Å². The first-order valence-corrected chi connectivity index (χ1v) is 7.44. The molecule has 0 spiro atoms. The van der Waals surface area contributed by atoms with Gasteiger partial charge in [0.1, 0.15) is 5.82 Å². The van der Waals surface area contributed by atoms with Gasteiger partial charge in [0.15, 0.2) is 0 Å². The highest BCUT2D eigenvalue weighted by Crippen LogP contribution is 2.23. The fourth-order valence-corrected chi connectivity index (χ4v) is 3.22. The van der Waals surface area contributed by atoms with Gasteiger partial charge in [-0.1, -0.05) is 0 Å². The largest absolute Gasteiger partial charge is 0.396 e. The maximum absolute atomic E-state index is 5.85. The van der Waals surface area contributed by atoms with Crippen molar-refractivity contribution < 1.29 is 0 Å². The van der Waals surface area contributed by atoms with Crippen LogP contribution >= 0.6 is 43.2 Å². The molecule has 17 heavy (non-hydrogen) atoms. The summed E-state index contributed by atoms with van der Waals surface area (Å²) in [5.41, 5.74) is 6.50. The van der Waals surface area contributed by atoms with Crippen molar-refractivity contribution in [3.63, 3.8) is 0 Å². The third-order valence-electron chi connectivity index (χ3n) is 2.18. The lowest BCUT2D eigenvalue weighted by Gasteiger charge is -2.07. The van der Waals surface area contributed by atoms with Gasteiger partial charge in [0.2, 0.25) is 0 Å². The van der Waals surface area contributed by atoms with E-state index < -0.39 is 0 Å². The average Bonchev–Trinajstić information content (AvgIpc) is 2.68. The smallest absolute Gasteiger partial charge is 0.149 e. The van der Waals surface area contributed by atoms with Crippen molar-refractivity contribution in [2.45, 2.75) is 6.42 Å². The highest BCUT2D eigenvalue weighted by atomic mass is 79.9. The zero-order valence-electron chi connectivity index (χ0n) is 8.91. The molecule has 0 saturated carbocycles. The lowest BCUT2D eigenvalue weighted by atomic mass is 10.3. The Bertz CT molecular complexity index is 513. The molecular weight excluding hydrogens is 366 g/mol. The molecule has 2 aromatic heterocycles. The highest BCUT2D eigenvalue weighted by molar-refractivity contribution is 9.11. The molecule has 2 rings (SSSR count). The van der Waals surface area contributed by atoms with Crippen LogP contribution in [0.3, 0.4) is 0 Å². The van der Waals surface area contributed by atoms with E-state index in [-0.39, 0.29) is 0 Å². The molecule has 2 aromatic rings. The van der Waals surface area contributed by atoms with Gasteiger partial charge in [0, 0.05) is 22.1 Å². The molecular formula is C11H11Br2N3S. The van der Waals surface area contributed by atoms with Crippen LogP contribution in [0.2, 0.25) is 0 Å². The number of nitrogen functional groups attached to an aromatic ring is 1. The molecule has 0 fully saturated rings. The quantitative estimate of drug-likeness (QED) is 0.850. The van der Waals surface area contributed by atoms with Crippen molar-refractivity contribution in [1.29, 1.82) is 0 Å². The first-order valence-electron chi connectivity index (χ1n) is 5.04. The van der Waals surface area contributed by atoms with Gasteiger partial charge in [0.25, 0.3) is 0 Å². The van der Waals surface area contributed by atoms with Crippen LogP contribution in [0.15, 0.2) is 32.7 Å². The lowest BCUT2D eigenvalue weighted by Crippen LogP contribution is -2.07. The fraction of sp³-hybridized carbons (Fsp3) is 0.182. The Morgan fingerprint density at radius 3 is 2.82 bits per heavy atom. The van der Waals surface area contributed by atoms with Gasteiger partial charge in [-0.15, -0.1) is 11.3 Å². The van der Waals surface area contributed by atoms with E-state index in [9.17, 15) is 0 Å². The van der Waals surface area contributed by atoms with E-state index in [2.05, 4.69) is 54.3 Å². The summed E-state index contributed by atoms with van der Waals surface area (Å²) in [6.45, 7) is 0.825. The molecule has 0 aromatic carbocycles. The minimum atomic E-state index is 0.659. The number of thiophene rings is 1. The minimum absolute atomic E-state index is 0.659. The molecule has 0 aliphatic rings. The molecule has 6 heteroatoms. The zero-order valence-corrected chi connectivity index (χ0v) is 12.9. The molecule has 3 N–H and O–H groups in total. The Morgan fingerprint density at radius 2 is 2.18 bits per heavy atom. The van der Waals surface area contributed by atoms with Crippen LogP contribution in [0, 0.1) is 0 Å². The van der Waals surface area contributed by atoms with Crippen molar-refractivity contribution in [3.8, 4) is 0 Å². The van der Waals surface area contributed by atoms with Crippen LogP contribution in [0.1, 0.15) is 4.88 Å². The van der Waals surface area contributed by atoms with Crippen LogP contribution in [0.25, 0.3) is 0 Å². The standard InChI is InChI=1S/C11H11Br2N3S/c12-7-5-9(14)11(16-6-7)15-4-3-8-1-2-10(13)17-8/h1-2,5-6H,3-4,14H2,(H,15,16). The summed E-state index contributed by atoms with van der Waals surface area (Å²) in [5, 5.41) is 3.23. The summed E-state index contributed by atoms with van der Waals surface area (Å²) in [6, 6.07) is 6.03. The average molecular weight is 377 g/mol. The summed E-state index contributed by atoms with van der Waals surface area (Å²) in [6.07, 6.45) is 2.70. The summed E-state index contributed by atoms with van der Waals surface area (Å²) in [4.78, 5) is 5.56. The van der Waals surface area contributed by atoms with Crippen molar-refractivity contribution in [2.24, 2.45) is 0 Å². The first-order chi connectivity index (χ1) is 8.15. The molecule has 90 valence electrons. The third-order valence-corrected chi connectivity index (χ3v) is 4.29. The normalized spacial score (nSPS) is 10.5. The molecule has 0 aliphatic heterocycles. The predicted molar refractivity (Wildman–Crippen MR) is 80.6 cm³/mol. The van der Waals surface area contributed by atoms with Crippen molar-refractivity contribution in [3.05, 3.63) is 37.5 Å². The lowest BCUT2D eigenvalue weighted by molar-refractivity contribution is 1.03. The van der Waals surface area contributed by atoms with Crippen LogP contribution in [0.4, 0.5) is 11.5 Å². The van der Waals surface area contributed by atoms with Crippen LogP contribution < -0.4 is 11.1 Å². The van der Waals surface area contributed by atoms with Crippen LogP contribution in [-0.4, -0.2) is 11.5 Å². The van der Waals surface area contributed by atoms with Crippen molar-refractivity contribution in [1.82, 2.24) is 4.98 Å².